The van der Waals surface area contributed by atoms with E-state index in [0.717, 1.165) is 38.2 Å². The van der Waals surface area contributed by atoms with Crippen LogP contribution in [0.15, 0.2) is 52.1 Å². The Balaban J connectivity index is 1.65. The number of nitrogens with zero attached hydrogens (tertiary/aromatic N) is 2. The predicted octanol–water partition coefficient (Wildman–Crippen LogP) is 2.72. The van der Waals surface area contributed by atoms with Crippen molar-refractivity contribution in [3.8, 4) is 5.75 Å². The highest BCUT2D eigenvalue weighted by Gasteiger charge is 2.27. The van der Waals surface area contributed by atoms with E-state index in [4.69, 9.17) is 9.15 Å². The number of hydrogen-bond acceptors (Lipinski definition) is 5. The molecule has 3 N–H and O–H groups in total. The van der Waals surface area contributed by atoms with Gasteiger partial charge in [-0.15, -0.1) is 0 Å². The first-order chi connectivity index (χ1) is 14.0. The molecular formula is C22H32N4O3. The van der Waals surface area contributed by atoms with E-state index in [-0.39, 0.29) is 12.6 Å². The zero-order valence-electron chi connectivity index (χ0n) is 17.5. The van der Waals surface area contributed by atoms with E-state index in [1.807, 2.05) is 19.1 Å². The van der Waals surface area contributed by atoms with E-state index in [1.54, 1.807) is 32.4 Å². The SMILES string of the molecule is CCNC(=NCC(C)(O)c1ccco1)NC1CCCN(c2cccc(OC)c2)C1. The van der Waals surface area contributed by atoms with Crippen molar-refractivity contribution in [2.75, 3.05) is 38.2 Å². The number of aliphatic hydroxyl groups is 1. The molecule has 7 nitrogen and oxygen atoms in total. The number of furan rings is 1. The van der Waals surface area contributed by atoms with E-state index < -0.39 is 5.60 Å². The van der Waals surface area contributed by atoms with Crippen LogP contribution >= 0.6 is 0 Å². The Labute approximate surface area is 172 Å². The van der Waals surface area contributed by atoms with E-state index in [2.05, 4.69) is 32.7 Å². The second kappa shape index (κ2) is 9.69. The number of rotatable bonds is 7. The lowest BCUT2D eigenvalue weighted by atomic mass is 10.0. The van der Waals surface area contributed by atoms with Crippen molar-refractivity contribution >= 4 is 11.6 Å². The van der Waals surface area contributed by atoms with Crippen molar-refractivity contribution in [2.45, 2.75) is 38.3 Å². The van der Waals surface area contributed by atoms with Gasteiger partial charge in [-0.05, 0) is 51.0 Å². The zero-order chi connectivity index (χ0) is 20.7. The van der Waals surface area contributed by atoms with Gasteiger partial charge in [0, 0.05) is 37.4 Å². The Morgan fingerprint density at radius 2 is 2.24 bits per heavy atom. The van der Waals surface area contributed by atoms with Crippen LogP contribution in [-0.4, -0.2) is 50.4 Å². The third-order valence-electron chi connectivity index (χ3n) is 5.12. The van der Waals surface area contributed by atoms with Crippen LogP contribution in [-0.2, 0) is 5.60 Å². The molecule has 3 rings (SSSR count). The fourth-order valence-corrected chi connectivity index (χ4v) is 3.55. The van der Waals surface area contributed by atoms with Crippen molar-refractivity contribution < 1.29 is 14.3 Å². The molecular weight excluding hydrogens is 368 g/mol. The van der Waals surface area contributed by atoms with Crippen LogP contribution < -0.4 is 20.3 Å². The summed E-state index contributed by atoms with van der Waals surface area (Å²) in [5.74, 6) is 2.09. The Hall–Kier alpha value is -2.67. The van der Waals surface area contributed by atoms with Crippen LogP contribution in [0, 0.1) is 0 Å². The summed E-state index contributed by atoms with van der Waals surface area (Å²) in [6, 6.07) is 12.0. The quantitative estimate of drug-likeness (QED) is 0.490. The lowest BCUT2D eigenvalue weighted by molar-refractivity contribution is 0.0436. The number of nitrogens with one attached hydrogen (secondary N) is 2. The standard InChI is InChI=1S/C22H32N4O3/c1-4-23-21(24-16-22(2,27)20-11-7-13-29-20)25-17-8-6-12-26(15-17)18-9-5-10-19(14-18)28-3/h5,7,9-11,13-14,17,27H,4,6,8,12,15-16H2,1-3H3,(H2,23,24,25). The fraction of sp³-hybridized carbons (Fsp3) is 0.500. The summed E-state index contributed by atoms with van der Waals surface area (Å²) in [5, 5.41) is 17.5. The molecule has 2 heterocycles. The lowest BCUT2D eigenvalue weighted by Crippen LogP contribution is -2.51. The summed E-state index contributed by atoms with van der Waals surface area (Å²) >= 11 is 0. The Bertz CT molecular complexity index is 789. The molecule has 0 spiro atoms. The molecule has 2 unspecified atom stereocenters. The van der Waals surface area contributed by atoms with Crippen molar-refractivity contribution in [2.24, 2.45) is 4.99 Å². The number of aliphatic imine (C=N–C) groups is 1. The van der Waals surface area contributed by atoms with Gasteiger partial charge in [-0.1, -0.05) is 6.07 Å². The average molecular weight is 401 g/mol. The van der Waals surface area contributed by atoms with Crippen LogP contribution in [0.1, 0.15) is 32.4 Å². The highest BCUT2D eigenvalue weighted by atomic mass is 16.5. The van der Waals surface area contributed by atoms with E-state index >= 15 is 0 Å². The summed E-state index contributed by atoms with van der Waals surface area (Å²) < 4.78 is 10.7. The van der Waals surface area contributed by atoms with Gasteiger partial charge in [-0.3, -0.25) is 0 Å². The smallest absolute Gasteiger partial charge is 0.191 e. The Morgan fingerprint density at radius 3 is 2.97 bits per heavy atom. The normalized spacial score (nSPS) is 19.5. The molecule has 1 aromatic carbocycles. The second-order valence-corrected chi connectivity index (χ2v) is 7.58. The predicted molar refractivity (Wildman–Crippen MR) is 116 cm³/mol. The van der Waals surface area contributed by atoms with Crippen LogP contribution in [0.2, 0.25) is 0 Å². The summed E-state index contributed by atoms with van der Waals surface area (Å²) in [6.07, 6.45) is 3.73. The molecule has 2 aromatic rings. The number of methoxy groups -OCH3 is 1. The van der Waals surface area contributed by atoms with Gasteiger partial charge in [0.1, 0.15) is 17.1 Å². The van der Waals surface area contributed by atoms with Gasteiger partial charge in [0.05, 0.1) is 19.9 Å². The van der Waals surface area contributed by atoms with Gasteiger partial charge >= 0.3 is 0 Å². The number of benzene rings is 1. The molecule has 2 atom stereocenters. The van der Waals surface area contributed by atoms with Crippen LogP contribution in [0.3, 0.4) is 0 Å². The largest absolute Gasteiger partial charge is 0.497 e. The van der Waals surface area contributed by atoms with E-state index in [1.165, 1.54) is 5.69 Å². The molecule has 1 aliphatic heterocycles. The molecule has 0 bridgehead atoms. The lowest BCUT2D eigenvalue weighted by Gasteiger charge is -2.35. The molecule has 1 fully saturated rings. The minimum Gasteiger partial charge on any atom is -0.497 e. The average Bonchev–Trinajstić information content (AvgIpc) is 3.29. The van der Waals surface area contributed by atoms with E-state index in [9.17, 15) is 5.11 Å². The second-order valence-electron chi connectivity index (χ2n) is 7.58. The number of hydrogen-bond donors (Lipinski definition) is 3. The van der Waals surface area contributed by atoms with Crippen molar-refractivity contribution in [1.29, 1.82) is 0 Å². The van der Waals surface area contributed by atoms with Gasteiger partial charge in [-0.25, -0.2) is 4.99 Å². The molecule has 0 radical (unpaired) electrons. The number of anilines is 1. The third-order valence-corrected chi connectivity index (χ3v) is 5.12. The third kappa shape index (κ3) is 5.67. The summed E-state index contributed by atoms with van der Waals surface area (Å²) in [4.78, 5) is 6.97. The first-order valence-electron chi connectivity index (χ1n) is 10.2. The minimum absolute atomic E-state index is 0.210. The molecule has 0 saturated carbocycles. The van der Waals surface area contributed by atoms with Gasteiger partial charge in [0.25, 0.3) is 0 Å². The van der Waals surface area contributed by atoms with Crippen LogP contribution in [0.4, 0.5) is 5.69 Å². The van der Waals surface area contributed by atoms with Gasteiger partial charge in [0.15, 0.2) is 5.96 Å². The Kier molecular flexibility index (Phi) is 7.04. The molecule has 29 heavy (non-hydrogen) atoms. The molecule has 1 aliphatic rings. The summed E-state index contributed by atoms with van der Waals surface area (Å²) in [5.41, 5.74) is 0.0175. The van der Waals surface area contributed by atoms with Crippen LogP contribution in [0.5, 0.6) is 5.75 Å². The Morgan fingerprint density at radius 1 is 1.38 bits per heavy atom. The molecule has 1 saturated heterocycles. The monoisotopic (exact) mass is 400 g/mol. The first-order valence-corrected chi connectivity index (χ1v) is 10.2. The topological polar surface area (TPSA) is 82.3 Å². The molecule has 0 amide bonds. The van der Waals surface area contributed by atoms with Gasteiger partial charge in [-0.2, -0.15) is 0 Å². The number of ether oxygens (including phenoxy) is 1. The number of guanidine groups is 1. The maximum atomic E-state index is 10.7. The highest BCUT2D eigenvalue weighted by molar-refractivity contribution is 5.80. The van der Waals surface area contributed by atoms with Crippen LogP contribution in [0.25, 0.3) is 0 Å². The first kappa shape index (κ1) is 21.0. The van der Waals surface area contributed by atoms with Crippen molar-refractivity contribution in [3.05, 3.63) is 48.4 Å². The van der Waals surface area contributed by atoms with Gasteiger partial charge in [0.2, 0.25) is 0 Å². The van der Waals surface area contributed by atoms with Crippen molar-refractivity contribution in [1.82, 2.24) is 10.6 Å². The molecule has 158 valence electrons. The maximum Gasteiger partial charge on any atom is 0.191 e. The van der Waals surface area contributed by atoms with E-state index in [0.29, 0.717) is 11.7 Å². The zero-order valence-corrected chi connectivity index (χ0v) is 17.5. The molecule has 1 aromatic heterocycles. The minimum atomic E-state index is -1.15. The fourth-order valence-electron chi connectivity index (χ4n) is 3.55. The molecule has 0 aliphatic carbocycles. The van der Waals surface area contributed by atoms with Gasteiger partial charge < -0.3 is 29.8 Å². The summed E-state index contributed by atoms with van der Waals surface area (Å²) in [6.45, 7) is 6.61. The highest BCUT2D eigenvalue weighted by Crippen LogP contribution is 2.24. The van der Waals surface area contributed by atoms with Crippen molar-refractivity contribution in [3.63, 3.8) is 0 Å². The summed E-state index contributed by atoms with van der Waals surface area (Å²) in [7, 11) is 1.69. The number of piperidine rings is 1. The maximum absolute atomic E-state index is 10.7. The molecule has 7 heteroatoms.